The standard InChI is InChI=1S/C19H30BrN3O2.HI/c1-4-21-19(22-12-17-5-6-18(20)11-15(17)2)23-8-7-16(13-23)14-25-10-9-24-3;/h5-6,11,16H,4,7-10,12-14H2,1-3H3,(H,21,22);1H. The number of benzene rings is 1. The van der Waals surface area contributed by atoms with Crippen LogP contribution in [0, 0.1) is 12.8 Å². The van der Waals surface area contributed by atoms with E-state index < -0.39 is 0 Å². The zero-order valence-corrected chi connectivity index (χ0v) is 19.9. The number of halogens is 2. The highest BCUT2D eigenvalue weighted by Crippen LogP contribution is 2.19. The summed E-state index contributed by atoms with van der Waals surface area (Å²) in [6, 6.07) is 6.36. The van der Waals surface area contributed by atoms with Crippen LogP contribution >= 0.6 is 39.9 Å². The highest BCUT2D eigenvalue weighted by atomic mass is 127. The average molecular weight is 540 g/mol. The van der Waals surface area contributed by atoms with Gasteiger partial charge in [-0.15, -0.1) is 24.0 Å². The lowest BCUT2D eigenvalue weighted by Gasteiger charge is -2.22. The Bertz CT molecular complexity index is 572. The molecule has 0 aromatic heterocycles. The minimum Gasteiger partial charge on any atom is -0.382 e. The molecule has 7 heteroatoms. The van der Waals surface area contributed by atoms with Crippen molar-refractivity contribution in [1.82, 2.24) is 10.2 Å². The number of ether oxygens (including phenoxy) is 2. The van der Waals surface area contributed by atoms with Crippen LogP contribution in [-0.2, 0) is 16.0 Å². The minimum atomic E-state index is 0. The van der Waals surface area contributed by atoms with Gasteiger partial charge in [-0.2, -0.15) is 0 Å². The van der Waals surface area contributed by atoms with Crippen LogP contribution in [0.25, 0.3) is 0 Å². The molecule has 0 spiro atoms. The van der Waals surface area contributed by atoms with E-state index in [9.17, 15) is 0 Å². The first kappa shape index (κ1) is 23.7. The molecule has 148 valence electrons. The van der Waals surface area contributed by atoms with Crippen LogP contribution in [0.5, 0.6) is 0 Å². The van der Waals surface area contributed by atoms with Crippen molar-refractivity contribution in [3.8, 4) is 0 Å². The van der Waals surface area contributed by atoms with Gasteiger partial charge in [-0.3, -0.25) is 0 Å². The van der Waals surface area contributed by atoms with Crippen molar-refractivity contribution in [3.05, 3.63) is 33.8 Å². The fourth-order valence-corrected chi connectivity index (χ4v) is 3.45. The molecule has 1 unspecified atom stereocenters. The van der Waals surface area contributed by atoms with Crippen LogP contribution in [0.3, 0.4) is 0 Å². The molecule has 1 saturated heterocycles. The summed E-state index contributed by atoms with van der Waals surface area (Å²) in [6.07, 6.45) is 1.15. The van der Waals surface area contributed by atoms with Crippen molar-refractivity contribution < 1.29 is 9.47 Å². The maximum Gasteiger partial charge on any atom is 0.194 e. The number of methoxy groups -OCH3 is 1. The number of nitrogens with one attached hydrogen (secondary N) is 1. The number of guanidine groups is 1. The topological polar surface area (TPSA) is 46.1 Å². The molecule has 2 rings (SSSR count). The normalized spacial score (nSPS) is 17.3. The third-order valence-corrected chi connectivity index (χ3v) is 4.90. The molecule has 1 N–H and O–H groups in total. The molecule has 1 fully saturated rings. The van der Waals surface area contributed by atoms with E-state index >= 15 is 0 Å². The summed E-state index contributed by atoms with van der Waals surface area (Å²) >= 11 is 3.52. The lowest BCUT2D eigenvalue weighted by atomic mass is 10.1. The van der Waals surface area contributed by atoms with Gasteiger partial charge in [0.05, 0.1) is 26.4 Å². The second-order valence-corrected chi connectivity index (χ2v) is 7.33. The lowest BCUT2D eigenvalue weighted by Crippen LogP contribution is -2.40. The lowest BCUT2D eigenvalue weighted by molar-refractivity contribution is 0.0536. The average Bonchev–Trinajstić information content (AvgIpc) is 3.05. The summed E-state index contributed by atoms with van der Waals surface area (Å²) in [6.45, 7) is 9.98. The predicted octanol–water partition coefficient (Wildman–Crippen LogP) is 3.83. The molecule has 26 heavy (non-hydrogen) atoms. The smallest absolute Gasteiger partial charge is 0.194 e. The van der Waals surface area contributed by atoms with Gasteiger partial charge in [0, 0.05) is 37.1 Å². The summed E-state index contributed by atoms with van der Waals surface area (Å²) in [4.78, 5) is 7.20. The van der Waals surface area contributed by atoms with Crippen molar-refractivity contribution in [2.45, 2.75) is 26.8 Å². The van der Waals surface area contributed by atoms with Crippen LogP contribution in [-0.4, -0.2) is 57.4 Å². The summed E-state index contributed by atoms with van der Waals surface area (Å²) in [7, 11) is 1.70. The van der Waals surface area contributed by atoms with E-state index in [4.69, 9.17) is 14.5 Å². The predicted molar refractivity (Wildman–Crippen MR) is 121 cm³/mol. The molecule has 1 aromatic carbocycles. The van der Waals surface area contributed by atoms with Crippen LogP contribution in [0.2, 0.25) is 0 Å². The number of aryl methyl sites for hydroxylation is 1. The van der Waals surface area contributed by atoms with E-state index in [1.807, 2.05) is 0 Å². The van der Waals surface area contributed by atoms with Gasteiger partial charge in [-0.25, -0.2) is 4.99 Å². The van der Waals surface area contributed by atoms with Gasteiger partial charge >= 0.3 is 0 Å². The maximum absolute atomic E-state index is 5.69. The van der Waals surface area contributed by atoms with Crippen molar-refractivity contribution in [2.75, 3.05) is 46.6 Å². The largest absolute Gasteiger partial charge is 0.382 e. The fraction of sp³-hybridized carbons (Fsp3) is 0.632. The molecular formula is C19H31BrIN3O2. The Hall–Kier alpha value is -0.380. The Labute approximate surface area is 183 Å². The molecule has 1 aliphatic rings. The van der Waals surface area contributed by atoms with E-state index in [1.165, 1.54) is 11.1 Å². The first-order chi connectivity index (χ1) is 12.1. The number of nitrogens with zero attached hydrogens (tertiary/aromatic N) is 2. The summed E-state index contributed by atoms with van der Waals surface area (Å²) < 4.78 is 11.8. The van der Waals surface area contributed by atoms with E-state index in [1.54, 1.807) is 7.11 Å². The van der Waals surface area contributed by atoms with Crippen molar-refractivity contribution in [2.24, 2.45) is 10.9 Å². The first-order valence-corrected chi connectivity index (χ1v) is 9.78. The van der Waals surface area contributed by atoms with Crippen LogP contribution in [0.15, 0.2) is 27.7 Å². The number of aliphatic imine (C=N–C) groups is 1. The molecule has 1 aromatic rings. The minimum absolute atomic E-state index is 0. The highest BCUT2D eigenvalue weighted by molar-refractivity contribution is 14.0. The molecular weight excluding hydrogens is 509 g/mol. The zero-order chi connectivity index (χ0) is 18.1. The van der Waals surface area contributed by atoms with Gasteiger partial charge in [-0.1, -0.05) is 22.0 Å². The maximum atomic E-state index is 5.69. The number of hydrogen-bond acceptors (Lipinski definition) is 3. The fourth-order valence-electron chi connectivity index (χ4n) is 2.98. The highest BCUT2D eigenvalue weighted by Gasteiger charge is 2.24. The Balaban J connectivity index is 0.00000338. The molecule has 1 atom stereocenters. The first-order valence-electron chi connectivity index (χ1n) is 8.99. The third-order valence-electron chi connectivity index (χ3n) is 4.41. The van der Waals surface area contributed by atoms with Crippen LogP contribution in [0.1, 0.15) is 24.5 Å². The van der Waals surface area contributed by atoms with Gasteiger partial charge in [-0.05, 0) is 43.5 Å². The second kappa shape index (κ2) is 12.9. The van der Waals surface area contributed by atoms with Gasteiger partial charge in [0.15, 0.2) is 5.96 Å². The molecule has 0 amide bonds. The molecule has 5 nitrogen and oxygen atoms in total. The van der Waals surface area contributed by atoms with Crippen molar-refractivity contribution >= 4 is 45.9 Å². The molecule has 0 radical (unpaired) electrons. The molecule has 1 heterocycles. The zero-order valence-electron chi connectivity index (χ0n) is 16.0. The van der Waals surface area contributed by atoms with E-state index in [2.05, 4.69) is 58.2 Å². The van der Waals surface area contributed by atoms with Crippen molar-refractivity contribution in [1.29, 1.82) is 0 Å². The van der Waals surface area contributed by atoms with Gasteiger partial charge < -0.3 is 19.7 Å². The Morgan fingerprint density at radius 2 is 2.19 bits per heavy atom. The SMILES string of the molecule is CCNC(=NCc1ccc(Br)cc1C)N1CCC(COCCOC)C1.I. The van der Waals surface area contributed by atoms with Gasteiger partial charge in [0.2, 0.25) is 0 Å². The Morgan fingerprint density at radius 3 is 2.88 bits per heavy atom. The Kier molecular flexibility index (Phi) is 11.7. The summed E-state index contributed by atoms with van der Waals surface area (Å²) in [5.41, 5.74) is 2.53. The van der Waals surface area contributed by atoms with Gasteiger partial charge in [0.1, 0.15) is 0 Å². The second-order valence-electron chi connectivity index (χ2n) is 6.41. The summed E-state index contributed by atoms with van der Waals surface area (Å²) in [5, 5.41) is 3.43. The summed E-state index contributed by atoms with van der Waals surface area (Å²) in [5.74, 6) is 1.57. The molecule has 0 aliphatic carbocycles. The molecule has 1 aliphatic heterocycles. The monoisotopic (exact) mass is 539 g/mol. The van der Waals surface area contributed by atoms with E-state index in [0.29, 0.717) is 25.7 Å². The van der Waals surface area contributed by atoms with E-state index in [0.717, 1.165) is 43.1 Å². The molecule has 0 saturated carbocycles. The Morgan fingerprint density at radius 1 is 1.38 bits per heavy atom. The van der Waals surface area contributed by atoms with Crippen molar-refractivity contribution in [3.63, 3.8) is 0 Å². The quantitative estimate of drug-likeness (QED) is 0.236. The van der Waals surface area contributed by atoms with Gasteiger partial charge in [0.25, 0.3) is 0 Å². The number of likely N-dealkylation sites (tertiary alicyclic amines) is 1. The van der Waals surface area contributed by atoms with Crippen LogP contribution in [0.4, 0.5) is 0 Å². The third kappa shape index (κ3) is 7.70. The number of rotatable bonds is 8. The van der Waals surface area contributed by atoms with Crippen LogP contribution < -0.4 is 5.32 Å². The van der Waals surface area contributed by atoms with E-state index in [-0.39, 0.29) is 24.0 Å². The molecule has 0 bridgehead atoms. The number of hydrogen-bond donors (Lipinski definition) is 1.